The van der Waals surface area contributed by atoms with E-state index in [9.17, 15) is 22.8 Å². The van der Waals surface area contributed by atoms with E-state index >= 15 is 0 Å². The van der Waals surface area contributed by atoms with E-state index in [1.54, 1.807) is 21.9 Å². The van der Waals surface area contributed by atoms with Crippen LogP contribution in [-0.2, 0) is 4.79 Å². The quantitative estimate of drug-likeness (QED) is 0.791. The Bertz CT molecular complexity index is 946. The van der Waals surface area contributed by atoms with Crippen molar-refractivity contribution in [1.82, 2.24) is 4.90 Å². The van der Waals surface area contributed by atoms with Crippen molar-refractivity contribution in [3.63, 3.8) is 0 Å². The number of nitrogens with one attached hydrogen (secondary N) is 1. The smallest absolute Gasteiger partial charge is 0.321 e. The van der Waals surface area contributed by atoms with Crippen LogP contribution in [0.1, 0.15) is 12.8 Å². The zero-order valence-electron chi connectivity index (χ0n) is 15.3. The van der Waals surface area contributed by atoms with Crippen molar-refractivity contribution in [3.05, 3.63) is 59.9 Å². The lowest BCUT2D eigenvalue weighted by Crippen LogP contribution is -2.53. The van der Waals surface area contributed by atoms with Crippen molar-refractivity contribution in [2.45, 2.75) is 17.7 Å². The molecule has 2 saturated heterocycles. The van der Waals surface area contributed by atoms with Gasteiger partial charge in [0.2, 0.25) is 5.91 Å². The molecule has 2 aliphatic heterocycles. The van der Waals surface area contributed by atoms with Gasteiger partial charge in [0.25, 0.3) is 0 Å². The van der Waals surface area contributed by atoms with Crippen LogP contribution < -0.4 is 10.2 Å². The van der Waals surface area contributed by atoms with Crippen LogP contribution in [-0.4, -0.2) is 40.6 Å². The summed E-state index contributed by atoms with van der Waals surface area (Å²) in [5, 5.41) is 2.57. The van der Waals surface area contributed by atoms with Gasteiger partial charge in [-0.2, -0.15) is 0 Å². The molecule has 2 aliphatic rings. The van der Waals surface area contributed by atoms with E-state index in [0.29, 0.717) is 37.4 Å². The number of rotatable bonds is 2. The van der Waals surface area contributed by atoms with Crippen LogP contribution in [0.2, 0.25) is 0 Å². The van der Waals surface area contributed by atoms with Gasteiger partial charge in [0.1, 0.15) is 5.82 Å². The summed E-state index contributed by atoms with van der Waals surface area (Å²) < 4.78 is 39.6. The van der Waals surface area contributed by atoms with E-state index in [2.05, 4.69) is 5.32 Å². The van der Waals surface area contributed by atoms with E-state index in [1.165, 1.54) is 30.0 Å². The fourth-order valence-corrected chi connectivity index (χ4v) is 5.05. The maximum Gasteiger partial charge on any atom is 0.321 e. The summed E-state index contributed by atoms with van der Waals surface area (Å²) in [6.45, 7) is 0.793. The molecular formula is C20H18F3N3O2S. The number of hydrogen-bond donors (Lipinski definition) is 1. The molecule has 2 heterocycles. The largest absolute Gasteiger partial charge is 0.324 e. The predicted octanol–water partition coefficient (Wildman–Crippen LogP) is 4.21. The minimum absolute atomic E-state index is 0.0405. The number of piperidine rings is 1. The molecule has 4 rings (SSSR count). The molecule has 2 aromatic carbocycles. The van der Waals surface area contributed by atoms with Gasteiger partial charge in [-0.1, -0.05) is 0 Å². The van der Waals surface area contributed by atoms with E-state index in [4.69, 9.17) is 0 Å². The van der Waals surface area contributed by atoms with Gasteiger partial charge in [0.05, 0.1) is 10.6 Å². The van der Waals surface area contributed by atoms with E-state index in [-0.39, 0.29) is 17.4 Å². The highest BCUT2D eigenvalue weighted by molar-refractivity contribution is 8.02. The molecule has 2 fully saturated rings. The predicted molar refractivity (Wildman–Crippen MR) is 105 cm³/mol. The Morgan fingerprint density at radius 1 is 1.00 bits per heavy atom. The average Bonchev–Trinajstić information content (AvgIpc) is 3.02. The first kappa shape index (κ1) is 19.6. The van der Waals surface area contributed by atoms with Crippen LogP contribution in [0.5, 0.6) is 0 Å². The van der Waals surface area contributed by atoms with Gasteiger partial charge >= 0.3 is 6.03 Å². The fraction of sp³-hybridized carbons (Fsp3) is 0.300. The molecule has 152 valence electrons. The molecular weight excluding hydrogens is 403 g/mol. The number of urea groups is 1. The molecule has 9 heteroatoms. The highest BCUT2D eigenvalue weighted by Crippen LogP contribution is 2.46. The molecule has 1 N–H and O–H groups in total. The number of likely N-dealkylation sites (tertiary alicyclic amines) is 1. The van der Waals surface area contributed by atoms with E-state index in [0.717, 1.165) is 12.1 Å². The summed E-state index contributed by atoms with van der Waals surface area (Å²) >= 11 is 1.54. The third-order valence-corrected chi connectivity index (χ3v) is 6.73. The zero-order valence-corrected chi connectivity index (χ0v) is 16.1. The second-order valence-corrected chi connectivity index (χ2v) is 8.32. The molecule has 1 spiro atoms. The Labute approximate surface area is 169 Å². The summed E-state index contributed by atoms with van der Waals surface area (Å²) in [4.78, 5) is 27.8. The van der Waals surface area contributed by atoms with Crippen molar-refractivity contribution >= 4 is 35.1 Å². The maximum atomic E-state index is 13.3. The van der Waals surface area contributed by atoms with Crippen molar-refractivity contribution in [2.75, 3.05) is 29.1 Å². The maximum absolute atomic E-state index is 13.3. The van der Waals surface area contributed by atoms with Crippen LogP contribution >= 0.6 is 11.8 Å². The fourth-order valence-electron chi connectivity index (χ4n) is 3.73. The normalized spacial score (nSPS) is 18.4. The number of thioether (sulfide) groups is 1. The van der Waals surface area contributed by atoms with Crippen LogP contribution in [0, 0.1) is 17.5 Å². The molecule has 5 nitrogen and oxygen atoms in total. The minimum Gasteiger partial charge on any atom is -0.324 e. The summed E-state index contributed by atoms with van der Waals surface area (Å²) in [7, 11) is 0. The van der Waals surface area contributed by atoms with Gasteiger partial charge in [0.15, 0.2) is 11.6 Å². The standard InChI is InChI=1S/C20H18F3N3O2S/c21-13-1-4-15(5-2-13)26-18(27)12-29-20(26)7-9-25(10-8-20)19(28)24-14-3-6-16(22)17(23)11-14/h1-6,11H,7-10,12H2,(H,24,28). The third-order valence-electron chi connectivity index (χ3n) is 5.21. The van der Waals surface area contributed by atoms with Crippen LogP contribution in [0.25, 0.3) is 0 Å². The second-order valence-electron chi connectivity index (χ2n) is 6.99. The van der Waals surface area contributed by atoms with Gasteiger partial charge in [-0.25, -0.2) is 18.0 Å². The van der Waals surface area contributed by atoms with Crippen LogP contribution in [0.15, 0.2) is 42.5 Å². The summed E-state index contributed by atoms with van der Waals surface area (Å²) in [6, 6.07) is 8.59. The Morgan fingerprint density at radius 3 is 2.34 bits per heavy atom. The molecule has 2 aromatic rings. The molecule has 0 atom stereocenters. The van der Waals surface area contributed by atoms with Gasteiger partial charge < -0.3 is 10.2 Å². The van der Waals surface area contributed by atoms with Gasteiger partial charge in [-0.3, -0.25) is 9.69 Å². The van der Waals surface area contributed by atoms with Crippen molar-refractivity contribution in [3.8, 4) is 0 Å². The zero-order chi connectivity index (χ0) is 20.6. The number of hydrogen-bond acceptors (Lipinski definition) is 3. The highest BCUT2D eigenvalue weighted by atomic mass is 32.2. The molecule has 0 unspecified atom stereocenters. The second kappa shape index (κ2) is 7.62. The van der Waals surface area contributed by atoms with Gasteiger partial charge in [-0.05, 0) is 49.2 Å². The molecule has 0 aliphatic carbocycles. The number of nitrogens with zero attached hydrogens (tertiary/aromatic N) is 2. The lowest BCUT2D eigenvalue weighted by Gasteiger charge is -2.43. The summed E-state index contributed by atoms with van der Waals surface area (Å²) in [5.74, 6) is -2.09. The average molecular weight is 421 g/mol. The third kappa shape index (κ3) is 3.78. The summed E-state index contributed by atoms with van der Waals surface area (Å²) in [6.07, 6.45) is 1.10. The van der Waals surface area contributed by atoms with E-state index in [1.807, 2.05) is 0 Å². The number of anilines is 2. The summed E-state index contributed by atoms with van der Waals surface area (Å²) in [5.41, 5.74) is 0.814. The molecule has 0 saturated carbocycles. The molecule has 29 heavy (non-hydrogen) atoms. The van der Waals surface area contributed by atoms with Crippen LogP contribution in [0.4, 0.5) is 29.3 Å². The number of halogens is 3. The number of benzene rings is 2. The first-order valence-electron chi connectivity index (χ1n) is 9.11. The van der Waals surface area contributed by atoms with Gasteiger partial charge in [-0.15, -0.1) is 11.8 Å². The molecule has 0 radical (unpaired) electrons. The first-order valence-corrected chi connectivity index (χ1v) is 10.1. The Morgan fingerprint density at radius 2 is 1.69 bits per heavy atom. The Hall–Kier alpha value is -2.68. The number of amides is 3. The van der Waals surface area contributed by atoms with Crippen molar-refractivity contribution < 1.29 is 22.8 Å². The Kier molecular flexibility index (Phi) is 5.16. The lowest BCUT2D eigenvalue weighted by atomic mass is 10.0. The number of carbonyl (C=O) groups is 2. The molecule has 0 bridgehead atoms. The van der Waals surface area contributed by atoms with Crippen molar-refractivity contribution in [1.29, 1.82) is 0 Å². The molecule has 0 aromatic heterocycles. The monoisotopic (exact) mass is 421 g/mol. The highest BCUT2D eigenvalue weighted by Gasteiger charge is 2.49. The Balaban J connectivity index is 1.44. The topological polar surface area (TPSA) is 52.7 Å². The first-order chi connectivity index (χ1) is 13.9. The van der Waals surface area contributed by atoms with Crippen LogP contribution in [0.3, 0.4) is 0 Å². The van der Waals surface area contributed by atoms with E-state index < -0.39 is 22.5 Å². The minimum atomic E-state index is -1.03. The van der Waals surface area contributed by atoms with Crippen molar-refractivity contribution in [2.24, 2.45) is 0 Å². The molecule has 3 amide bonds. The van der Waals surface area contributed by atoms with Gasteiger partial charge in [0, 0.05) is 30.5 Å². The number of carbonyl (C=O) groups excluding carboxylic acids is 2. The SMILES string of the molecule is O=C(Nc1ccc(F)c(F)c1)N1CCC2(CC1)SCC(=O)N2c1ccc(F)cc1. The lowest BCUT2D eigenvalue weighted by molar-refractivity contribution is -0.116.